The van der Waals surface area contributed by atoms with Gasteiger partial charge in [-0.15, -0.1) is 0 Å². The Hall–Kier alpha value is -1.66. The van der Waals surface area contributed by atoms with Crippen LogP contribution in [0.1, 0.15) is 19.3 Å². The zero-order valence-corrected chi connectivity index (χ0v) is 13.8. The molecule has 0 aromatic heterocycles. The molecular weight excluding hydrogens is 335 g/mol. The van der Waals surface area contributed by atoms with E-state index in [1.165, 1.54) is 17.0 Å². The topological polar surface area (TPSA) is 58.6 Å². The third-order valence-electron chi connectivity index (χ3n) is 5.33. The van der Waals surface area contributed by atoms with Gasteiger partial charge in [0.2, 0.25) is 11.8 Å². The van der Waals surface area contributed by atoms with Gasteiger partial charge in [0.25, 0.3) is 0 Å². The number of hydrogen-bond acceptors (Lipinski definition) is 3. The van der Waals surface area contributed by atoms with Gasteiger partial charge in [0.05, 0.1) is 17.7 Å². The number of carbonyl (C=O) groups excluding carboxylic acids is 2. The van der Waals surface area contributed by atoms with Crippen LogP contribution in [0.25, 0.3) is 0 Å². The zero-order valence-electron chi connectivity index (χ0n) is 13.1. The number of nitrogens with one attached hydrogen (secondary N) is 1. The van der Waals surface area contributed by atoms with Crippen LogP contribution in [-0.4, -0.2) is 37.6 Å². The van der Waals surface area contributed by atoms with Gasteiger partial charge >= 0.3 is 0 Å². The highest BCUT2D eigenvalue weighted by Crippen LogP contribution is 2.57. The van der Waals surface area contributed by atoms with Gasteiger partial charge in [0.1, 0.15) is 5.82 Å². The van der Waals surface area contributed by atoms with Crippen LogP contribution in [0.3, 0.4) is 0 Å². The molecule has 5 nitrogen and oxygen atoms in total. The molecule has 1 aromatic carbocycles. The van der Waals surface area contributed by atoms with Crippen LogP contribution in [0, 0.1) is 17.2 Å². The predicted octanol–water partition coefficient (Wildman–Crippen LogP) is 2.13. The summed E-state index contributed by atoms with van der Waals surface area (Å²) in [4.78, 5) is 26.1. The highest BCUT2D eigenvalue weighted by molar-refractivity contribution is 6.30. The van der Waals surface area contributed by atoms with E-state index in [0.29, 0.717) is 18.8 Å². The van der Waals surface area contributed by atoms with E-state index < -0.39 is 5.82 Å². The van der Waals surface area contributed by atoms with Crippen molar-refractivity contribution in [1.82, 2.24) is 5.32 Å². The fraction of sp³-hybridized carbons (Fsp3) is 0.529. The van der Waals surface area contributed by atoms with E-state index in [1.807, 2.05) is 0 Å². The Kier molecular flexibility index (Phi) is 3.77. The summed E-state index contributed by atoms with van der Waals surface area (Å²) in [5.41, 5.74) is 0.497. The van der Waals surface area contributed by atoms with Crippen molar-refractivity contribution in [3.63, 3.8) is 0 Å². The number of ether oxygens (including phenoxy) is 1. The molecule has 0 radical (unpaired) electrons. The van der Waals surface area contributed by atoms with Crippen LogP contribution in [0.5, 0.6) is 0 Å². The van der Waals surface area contributed by atoms with E-state index in [1.54, 1.807) is 6.07 Å². The molecule has 7 heteroatoms. The van der Waals surface area contributed by atoms with Crippen molar-refractivity contribution >= 4 is 29.1 Å². The number of anilines is 1. The first-order valence-corrected chi connectivity index (χ1v) is 8.50. The minimum Gasteiger partial charge on any atom is -0.381 e. The number of carbonyl (C=O) groups is 2. The Bertz CT molecular complexity index is 705. The average molecular weight is 353 g/mol. The first kappa shape index (κ1) is 15.8. The van der Waals surface area contributed by atoms with Crippen LogP contribution in [0.15, 0.2) is 18.2 Å². The second-order valence-electron chi connectivity index (χ2n) is 6.93. The van der Waals surface area contributed by atoms with E-state index in [0.717, 1.165) is 19.4 Å². The monoisotopic (exact) mass is 352 g/mol. The van der Waals surface area contributed by atoms with E-state index in [4.69, 9.17) is 16.3 Å². The summed E-state index contributed by atoms with van der Waals surface area (Å²) in [6.07, 6.45) is 2.03. The summed E-state index contributed by atoms with van der Waals surface area (Å²) in [5.74, 6) is -0.688. The summed E-state index contributed by atoms with van der Waals surface area (Å²) in [6.45, 7) is 1.73. The predicted molar refractivity (Wildman–Crippen MR) is 86.3 cm³/mol. The lowest BCUT2D eigenvalue weighted by atomic mass is 10.0. The maximum absolute atomic E-state index is 13.6. The van der Waals surface area contributed by atoms with Crippen molar-refractivity contribution in [2.45, 2.75) is 25.3 Å². The Balaban J connectivity index is 1.39. The molecule has 1 spiro atoms. The molecule has 3 fully saturated rings. The highest BCUT2D eigenvalue weighted by atomic mass is 35.5. The minimum atomic E-state index is -0.560. The Labute approximate surface area is 144 Å². The fourth-order valence-electron chi connectivity index (χ4n) is 3.79. The third kappa shape index (κ3) is 2.67. The van der Waals surface area contributed by atoms with E-state index >= 15 is 0 Å². The number of hydrogen-bond donors (Lipinski definition) is 1. The maximum atomic E-state index is 13.6. The normalized spacial score (nSPS) is 31.8. The molecule has 2 saturated heterocycles. The van der Waals surface area contributed by atoms with Crippen LogP contribution < -0.4 is 10.2 Å². The van der Waals surface area contributed by atoms with Crippen LogP contribution in [-0.2, 0) is 14.3 Å². The highest BCUT2D eigenvalue weighted by Gasteiger charge is 2.60. The minimum absolute atomic E-state index is 0.00226. The molecule has 2 heterocycles. The van der Waals surface area contributed by atoms with Gasteiger partial charge in [-0.05, 0) is 31.0 Å². The average Bonchev–Trinajstić information content (AvgIpc) is 2.85. The second kappa shape index (κ2) is 5.70. The van der Waals surface area contributed by atoms with Gasteiger partial charge in [-0.1, -0.05) is 11.6 Å². The molecule has 1 saturated carbocycles. The molecule has 24 heavy (non-hydrogen) atoms. The molecule has 1 aromatic rings. The van der Waals surface area contributed by atoms with Gasteiger partial charge in [-0.25, -0.2) is 4.39 Å². The van der Waals surface area contributed by atoms with Crippen LogP contribution in [0.2, 0.25) is 5.02 Å². The van der Waals surface area contributed by atoms with Crippen molar-refractivity contribution in [3.8, 4) is 0 Å². The SMILES string of the molecule is O=C(NC1CC(=O)N(c2ccc(Cl)c(F)c2)C1)C1CC12CCOC2. The zero-order chi connectivity index (χ0) is 16.9. The molecule has 1 N–H and O–H groups in total. The Morgan fingerprint density at radius 3 is 3.00 bits per heavy atom. The quantitative estimate of drug-likeness (QED) is 0.906. The molecule has 128 valence electrons. The Morgan fingerprint density at radius 1 is 1.46 bits per heavy atom. The molecule has 1 aliphatic carbocycles. The lowest BCUT2D eigenvalue weighted by Gasteiger charge is -2.18. The molecule has 2 amide bonds. The summed E-state index contributed by atoms with van der Waals surface area (Å²) in [7, 11) is 0. The van der Waals surface area contributed by atoms with E-state index in [-0.39, 0.29) is 40.6 Å². The smallest absolute Gasteiger partial charge is 0.229 e. The maximum Gasteiger partial charge on any atom is 0.229 e. The number of benzene rings is 1. The van der Waals surface area contributed by atoms with Crippen molar-refractivity contribution in [2.75, 3.05) is 24.7 Å². The number of amides is 2. The van der Waals surface area contributed by atoms with Crippen molar-refractivity contribution < 1.29 is 18.7 Å². The standard InChI is InChI=1S/C17H18ClFN2O3/c18-13-2-1-11(6-14(13)19)21-8-10(5-15(21)22)20-16(23)12-7-17(12)3-4-24-9-17/h1-2,6,10,12H,3-5,7-9H2,(H,20,23). The van der Waals surface area contributed by atoms with Crippen molar-refractivity contribution in [1.29, 1.82) is 0 Å². The molecule has 4 rings (SSSR count). The third-order valence-corrected chi connectivity index (χ3v) is 5.63. The summed E-state index contributed by atoms with van der Waals surface area (Å²) in [5, 5.41) is 2.99. The fourth-order valence-corrected chi connectivity index (χ4v) is 3.90. The van der Waals surface area contributed by atoms with Crippen LogP contribution >= 0.6 is 11.6 Å². The van der Waals surface area contributed by atoms with Gasteiger partial charge < -0.3 is 15.0 Å². The largest absolute Gasteiger partial charge is 0.381 e. The molecule has 0 bridgehead atoms. The van der Waals surface area contributed by atoms with Gasteiger partial charge in [-0.3, -0.25) is 9.59 Å². The van der Waals surface area contributed by atoms with Gasteiger partial charge in [0, 0.05) is 36.6 Å². The van der Waals surface area contributed by atoms with Crippen LogP contribution in [0.4, 0.5) is 10.1 Å². The molecular formula is C17H18ClFN2O3. The molecule has 3 atom stereocenters. The van der Waals surface area contributed by atoms with E-state index in [9.17, 15) is 14.0 Å². The summed E-state index contributed by atoms with van der Waals surface area (Å²) < 4.78 is 19.0. The van der Waals surface area contributed by atoms with Crippen molar-refractivity contribution in [3.05, 3.63) is 29.0 Å². The molecule has 2 aliphatic heterocycles. The van der Waals surface area contributed by atoms with E-state index in [2.05, 4.69) is 5.32 Å². The Morgan fingerprint density at radius 2 is 2.29 bits per heavy atom. The lowest BCUT2D eigenvalue weighted by Crippen LogP contribution is -2.39. The first-order valence-electron chi connectivity index (χ1n) is 8.12. The molecule has 3 unspecified atom stereocenters. The molecule has 3 aliphatic rings. The number of nitrogens with zero attached hydrogens (tertiary/aromatic N) is 1. The summed E-state index contributed by atoms with van der Waals surface area (Å²) in [6, 6.07) is 4.04. The van der Waals surface area contributed by atoms with Gasteiger partial charge in [0.15, 0.2) is 0 Å². The first-order chi connectivity index (χ1) is 11.5. The lowest BCUT2D eigenvalue weighted by molar-refractivity contribution is -0.123. The van der Waals surface area contributed by atoms with Crippen molar-refractivity contribution in [2.24, 2.45) is 11.3 Å². The number of halogens is 2. The second-order valence-corrected chi connectivity index (χ2v) is 7.34. The van der Waals surface area contributed by atoms with Gasteiger partial charge in [-0.2, -0.15) is 0 Å². The summed E-state index contributed by atoms with van der Waals surface area (Å²) >= 11 is 5.68. The number of rotatable bonds is 3.